The molecule has 13 nitrogen and oxygen atoms in total. The lowest BCUT2D eigenvalue weighted by Gasteiger charge is -2.62. The predicted octanol–water partition coefficient (Wildman–Crippen LogP) is 7.22. The Kier molecular flexibility index (Phi) is 10.4. The Labute approximate surface area is 320 Å². The van der Waals surface area contributed by atoms with Gasteiger partial charge in [-0.3, -0.25) is 0 Å². The fourth-order valence-electron chi connectivity index (χ4n) is 10.4. The molecule has 0 aromatic carbocycles. The molecular weight excluding hydrogens is 760 g/mol. The van der Waals surface area contributed by atoms with Gasteiger partial charge in [0.05, 0.1) is 32.6 Å². The molecule has 13 atom stereocenters. The molecule has 9 fully saturated rings. The van der Waals surface area contributed by atoms with E-state index in [1.165, 1.54) is 17.8 Å². The molecule has 7 saturated heterocycles. The minimum atomic E-state index is -4.94. The van der Waals surface area contributed by atoms with Crippen molar-refractivity contribution in [3.8, 4) is 0 Å². The molecule has 19 heteroatoms. The van der Waals surface area contributed by atoms with Crippen LogP contribution in [0.5, 0.6) is 0 Å². The van der Waals surface area contributed by atoms with Gasteiger partial charge in [-0.2, -0.15) is 26.3 Å². The maximum atomic E-state index is 15.1. The minimum Gasteiger partial charge on any atom is -0.457 e. The molecular formula is C37H50F6N3O10. The number of nitrogens with zero attached hydrogens (tertiary/aromatic N) is 3. The number of fused-ring (bicyclic) bond motifs is 5. The number of hydrogen-bond donors (Lipinski definition) is 0. The van der Waals surface area contributed by atoms with Crippen molar-refractivity contribution in [2.45, 2.75) is 153 Å². The fourth-order valence-corrected chi connectivity index (χ4v) is 10.4. The van der Waals surface area contributed by atoms with E-state index in [1.54, 1.807) is 20.3 Å². The van der Waals surface area contributed by atoms with Crippen LogP contribution >= 0.6 is 0 Å². The van der Waals surface area contributed by atoms with Gasteiger partial charge < -0.3 is 28.4 Å². The average molecular weight is 811 g/mol. The van der Waals surface area contributed by atoms with Crippen molar-refractivity contribution in [2.24, 2.45) is 35.5 Å². The number of aromatic nitrogens is 3. The van der Waals surface area contributed by atoms with Gasteiger partial charge >= 0.3 is 12.4 Å². The first-order chi connectivity index (χ1) is 26.3. The second-order valence-corrected chi connectivity index (χ2v) is 17.0. The topological polar surface area (TPSA) is 123 Å². The first-order valence-corrected chi connectivity index (χ1v) is 19.6. The first-order valence-electron chi connectivity index (χ1n) is 19.6. The lowest BCUT2D eigenvalue weighted by Crippen LogP contribution is -2.76. The van der Waals surface area contributed by atoms with Gasteiger partial charge in [-0.25, -0.2) is 24.2 Å². The van der Waals surface area contributed by atoms with Crippen LogP contribution in [-0.2, 0) is 61.1 Å². The summed E-state index contributed by atoms with van der Waals surface area (Å²) >= 11 is 0. The molecule has 315 valence electrons. The van der Waals surface area contributed by atoms with Crippen molar-refractivity contribution in [1.82, 2.24) is 15.0 Å². The zero-order valence-corrected chi connectivity index (χ0v) is 32.0. The van der Waals surface area contributed by atoms with Gasteiger partial charge in [0.25, 0.3) is 5.79 Å². The van der Waals surface area contributed by atoms with Gasteiger partial charge in [-0.05, 0) is 76.2 Å². The van der Waals surface area contributed by atoms with Gasteiger partial charge in [0.2, 0.25) is 23.6 Å². The third kappa shape index (κ3) is 6.77. The third-order valence-electron chi connectivity index (χ3n) is 13.4. The van der Waals surface area contributed by atoms with Crippen LogP contribution < -0.4 is 0 Å². The lowest BCUT2D eigenvalue weighted by atomic mass is 9.57. The largest absolute Gasteiger partial charge is 0.457 e. The molecule has 1 aromatic heterocycles. The molecule has 56 heavy (non-hydrogen) atoms. The van der Waals surface area contributed by atoms with Crippen molar-refractivity contribution in [3.05, 3.63) is 30.1 Å². The van der Waals surface area contributed by atoms with E-state index in [-0.39, 0.29) is 42.5 Å². The van der Waals surface area contributed by atoms with Gasteiger partial charge in [0.15, 0.2) is 17.5 Å². The summed E-state index contributed by atoms with van der Waals surface area (Å²) in [7, 11) is 0. The van der Waals surface area contributed by atoms with Gasteiger partial charge in [0, 0.05) is 37.0 Å². The predicted molar refractivity (Wildman–Crippen MR) is 176 cm³/mol. The third-order valence-corrected chi connectivity index (χ3v) is 13.4. The highest BCUT2D eigenvalue weighted by atomic mass is 19.4. The van der Waals surface area contributed by atoms with Crippen LogP contribution in [0.2, 0.25) is 0 Å². The Morgan fingerprint density at radius 2 is 1.59 bits per heavy atom. The quantitative estimate of drug-likeness (QED) is 0.103. The van der Waals surface area contributed by atoms with Crippen molar-refractivity contribution in [2.75, 3.05) is 13.2 Å². The van der Waals surface area contributed by atoms with Crippen LogP contribution in [-0.4, -0.2) is 81.7 Å². The van der Waals surface area contributed by atoms with E-state index in [0.29, 0.717) is 44.9 Å². The van der Waals surface area contributed by atoms with E-state index in [0.717, 1.165) is 12.5 Å². The van der Waals surface area contributed by atoms with Crippen molar-refractivity contribution in [1.29, 1.82) is 0 Å². The number of halogens is 6. The molecule has 0 amide bonds. The van der Waals surface area contributed by atoms with Gasteiger partial charge in [-0.1, -0.05) is 26.0 Å². The summed E-state index contributed by atoms with van der Waals surface area (Å²) in [6, 6.07) is 0. The van der Waals surface area contributed by atoms with E-state index >= 15 is 13.2 Å². The molecule has 7 aliphatic heterocycles. The Hall–Kier alpha value is -2.10. The first kappa shape index (κ1) is 40.7. The summed E-state index contributed by atoms with van der Waals surface area (Å²) in [5.74, 6) is -8.66. The van der Waals surface area contributed by atoms with Crippen LogP contribution in [0, 0.1) is 41.9 Å². The molecule has 2 saturated carbocycles. The summed E-state index contributed by atoms with van der Waals surface area (Å²) in [6.07, 6.45) is -3.86. The zero-order chi connectivity index (χ0) is 39.9. The Morgan fingerprint density at radius 3 is 2.34 bits per heavy atom. The number of hydrogen-bond acceptors (Lipinski definition) is 12. The molecule has 9 aliphatic rings. The van der Waals surface area contributed by atoms with Crippen LogP contribution in [0.4, 0.5) is 26.3 Å². The Balaban J connectivity index is 0.900. The summed E-state index contributed by atoms with van der Waals surface area (Å²) in [5, 5.41) is 7.91. The second kappa shape index (κ2) is 14.3. The fraction of sp³-hybridized carbons (Fsp3) is 0.865. The summed E-state index contributed by atoms with van der Waals surface area (Å²) in [4.78, 5) is 23.0. The van der Waals surface area contributed by atoms with E-state index in [4.69, 9.17) is 48.0 Å². The lowest BCUT2D eigenvalue weighted by molar-refractivity contribution is -0.599. The number of allylic oxidation sites excluding steroid dienone is 1. The van der Waals surface area contributed by atoms with E-state index in [1.807, 2.05) is 6.92 Å². The normalized spacial score (nSPS) is 45.2. The summed E-state index contributed by atoms with van der Waals surface area (Å²) in [6.45, 7) is 7.45. The molecule has 1 radical (unpaired) electrons. The SMILES string of the molecule is C[C@@H]1CC[C@H]2[C@@H](C)[C@](OCCn3cc(COC/C=C(/O[C@@H]4O[C@]5(C)CCC6[C@H](C)CC[CH][C@]64OO5)C(F)(F)F)nn3)(C(F)(F)F)O[C@@H]3O[C@]4(C)CCC1[C@]32OO4. The summed E-state index contributed by atoms with van der Waals surface area (Å²) in [5.41, 5.74) is -2.30. The number of rotatable bonds is 10. The molecule has 1 aromatic rings. The molecule has 2 aliphatic carbocycles. The van der Waals surface area contributed by atoms with Gasteiger partial charge in [0.1, 0.15) is 5.69 Å². The van der Waals surface area contributed by atoms with Crippen LogP contribution in [0.3, 0.4) is 0 Å². The van der Waals surface area contributed by atoms with Crippen LogP contribution in [0.15, 0.2) is 18.0 Å². The highest BCUT2D eigenvalue weighted by Crippen LogP contribution is 2.64. The van der Waals surface area contributed by atoms with E-state index in [2.05, 4.69) is 17.2 Å². The Morgan fingerprint density at radius 1 is 0.875 bits per heavy atom. The number of alkyl halides is 6. The van der Waals surface area contributed by atoms with Gasteiger partial charge in [-0.15, -0.1) is 5.10 Å². The zero-order valence-electron chi connectivity index (χ0n) is 32.0. The molecule has 2 spiro atoms. The minimum absolute atomic E-state index is 0.131. The molecule has 2 unspecified atom stereocenters. The molecule has 10 rings (SSSR count). The highest BCUT2D eigenvalue weighted by Gasteiger charge is 2.77. The standard InChI is InChI=1S/C37H50F6N3O10/c1-21-7-6-13-33-25(21)10-14-31(4,53-55-33)50-29(33)49-28(36(38,39)40)12-17-47-20-24-19-46(45-44-24)16-18-48-35(37(41,42)43)23(3)27-9-8-22(2)26-11-15-32(5)51-30(52-35)34(26,27)56-54-32/h12-13,19,21-23,25-27,29-30H,6-11,14-18,20H2,1-5H3/b28-12+/t21-,22-,23-,25?,26?,27+,29-,30+,31+,32+,33+,34-,35-/m1/s1. The monoisotopic (exact) mass is 810 g/mol. The van der Waals surface area contributed by atoms with Crippen molar-refractivity contribution >= 4 is 0 Å². The van der Waals surface area contributed by atoms with E-state index < -0.39 is 84.3 Å². The average Bonchev–Trinajstić information content (AvgIpc) is 3.28. The second-order valence-electron chi connectivity index (χ2n) is 17.0. The van der Waals surface area contributed by atoms with Crippen molar-refractivity contribution < 1.29 is 74.3 Å². The van der Waals surface area contributed by atoms with Crippen molar-refractivity contribution in [3.63, 3.8) is 0 Å². The molecule has 0 N–H and O–H groups in total. The molecule has 4 bridgehead atoms. The maximum Gasteiger partial charge on any atom is 0.448 e. The maximum absolute atomic E-state index is 15.1. The van der Waals surface area contributed by atoms with Crippen LogP contribution in [0.25, 0.3) is 0 Å². The smallest absolute Gasteiger partial charge is 0.448 e. The summed E-state index contributed by atoms with van der Waals surface area (Å²) < 4.78 is 124. The van der Waals surface area contributed by atoms with Crippen LogP contribution in [0.1, 0.15) is 91.7 Å². The highest BCUT2D eigenvalue weighted by molar-refractivity contribution is 5.14. The molecule has 8 heterocycles. The number of ether oxygens (including phenoxy) is 6. The Bertz CT molecular complexity index is 1630. The van der Waals surface area contributed by atoms with E-state index in [9.17, 15) is 13.2 Å².